The predicted molar refractivity (Wildman–Crippen MR) is 51.8 cm³/mol. The third-order valence-corrected chi connectivity index (χ3v) is 1.44. The number of carboxylic acid groups (broad SMARTS) is 1. The quantitative estimate of drug-likeness (QED) is 0.555. The standard InChI is InChI=1S/C10H16O4/c1-10(2,3)6-7(9(12)13)5-8(11)14-4/h6H,5H2,1-4H3,(H,12,13)/b7-6+. The highest BCUT2D eigenvalue weighted by molar-refractivity contribution is 5.92. The van der Waals surface area contributed by atoms with Gasteiger partial charge in [0.1, 0.15) is 0 Å². The first-order chi connectivity index (χ1) is 6.26. The Bertz CT molecular complexity index is 258. The number of carbonyl (C=O) groups excluding carboxylic acids is 1. The van der Waals surface area contributed by atoms with Crippen LogP contribution in [0.1, 0.15) is 27.2 Å². The van der Waals surface area contributed by atoms with Gasteiger partial charge in [-0.3, -0.25) is 4.79 Å². The molecule has 0 aliphatic rings. The number of hydrogen-bond donors (Lipinski definition) is 1. The monoisotopic (exact) mass is 200 g/mol. The van der Waals surface area contributed by atoms with Gasteiger partial charge < -0.3 is 9.84 Å². The average molecular weight is 200 g/mol. The van der Waals surface area contributed by atoms with E-state index in [0.29, 0.717) is 0 Å². The smallest absolute Gasteiger partial charge is 0.331 e. The third-order valence-electron chi connectivity index (χ3n) is 1.44. The van der Waals surface area contributed by atoms with Crippen LogP contribution in [-0.4, -0.2) is 24.2 Å². The summed E-state index contributed by atoms with van der Waals surface area (Å²) in [4.78, 5) is 21.6. The van der Waals surface area contributed by atoms with E-state index in [1.54, 1.807) is 6.08 Å². The molecule has 80 valence electrons. The largest absolute Gasteiger partial charge is 0.478 e. The topological polar surface area (TPSA) is 63.6 Å². The van der Waals surface area contributed by atoms with Crippen LogP contribution in [0, 0.1) is 5.41 Å². The SMILES string of the molecule is COC(=O)C/C(=C\C(C)(C)C)C(=O)O. The molecular formula is C10H16O4. The number of rotatable bonds is 3. The van der Waals surface area contributed by atoms with E-state index in [-0.39, 0.29) is 17.4 Å². The summed E-state index contributed by atoms with van der Waals surface area (Å²) in [6, 6.07) is 0. The van der Waals surface area contributed by atoms with E-state index < -0.39 is 11.9 Å². The fourth-order valence-electron chi connectivity index (χ4n) is 0.939. The highest BCUT2D eigenvalue weighted by atomic mass is 16.5. The highest BCUT2D eigenvalue weighted by Crippen LogP contribution is 2.19. The Labute approximate surface area is 83.6 Å². The molecule has 4 nitrogen and oxygen atoms in total. The van der Waals surface area contributed by atoms with Crippen molar-refractivity contribution >= 4 is 11.9 Å². The Morgan fingerprint density at radius 1 is 1.36 bits per heavy atom. The maximum Gasteiger partial charge on any atom is 0.331 e. The van der Waals surface area contributed by atoms with Gasteiger partial charge in [0.15, 0.2) is 0 Å². The van der Waals surface area contributed by atoms with Crippen molar-refractivity contribution in [2.75, 3.05) is 7.11 Å². The van der Waals surface area contributed by atoms with Gasteiger partial charge >= 0.3 is 11.9 Å². The first-order valence-electron chi connectivity index (χ1n) is 4.28. The van der Waals surface area contributed by atoms with Crippen molar-refractivity contribution in [3.63, 3.8) is 0 Å². The Kier molecular flexibility index (Phi) is 4.34. The summed E-state index contributed by atoms with van der Waals surface area (Å²) in [7, 11) is 1.24. The maximum absolute atomic E-state index is 10.9. The highest BCUT2D eigenvalue weighted by Gasteiger charge is 2.17. The van der Waals surface area contributed by atoms with Crippen LogP contribution < -0.4 is 0 Å². The van der Waals surface area contributed by atoms with E-state index in [1.165, 1.54) is 7.11 Å². The molecule has 0 fully saturated rings. The van der Waals surface area contributed by atoms with Gasteiger partial charge in [0.05, 0.1) is 13.5 Å². The molecule has 14 heavy (non-hydrogen) atoms. The summed E-state index contributed by atoms with van der Waals surface area (Å²) in [5.74, 6) is -1.62. The summed E-state index contributed by atoms with van der Waals surface area (Å²) in [5, 5.41) is 8.80. The van der Waals surface area contributed by atoms with Crippen molar-refractivity contribution in [3.8, 4) is 0 Å². The van der Waals surface area contributed by atoms with Gasteiger partial charge in [-0.05, 0) is 5.41 Å². The molecule has 0 aromatic carbocycles. The van der Waals surface area contributed by atoms with E-state index in [4.69, 9.17) is 5.11 Å². The average Bonchev–Trinajstić information content (AvgIpc) is 2.00. The van der Waals surface area contributed by atoms with Gasteiger partial charge in [-0.15, -0.1) is 0 Å². The van der Waals surface area contributed by atoms with Gasteiger partial charge in [0.2, 0.25) is 0 Å². The Morgan fingerprint density at radius 2 is 1.86 bits per heavy atom. The molecule has 4 heteroatoms. The van der Waals surface area contributed by atoms with E-state index >= 15 is 0 Å². The van der Waals surface area contributed by atoms with Crippen LogP contribution in [0.3, 0.4) is 0 Å². The fraction of sp³-hybridized carbons (Fsp3) is 0.600. The minimum atomic E-state index is -1.08. The number of methoxy groups -OCH3 is 1. The summed E-state index contributed by atoms with van der Waals surface area (Å²) in [6.07, 6.45) is 1.37. The first-order valence-corrected chi connectivity index (χ1v) is 4.28. The van der Waals surface area contributed by atoms with Gasteiger partial charge in [-0.2, -0.15) is 0 Å². The molecule has 0 atom stereocenters. The lowest BCUT2D eigenvalue weighted by molar-refractivity contribution is -0.142. The molecule has 0 aliphatic carbocycles. The first kappa shape index (κ1) is 12.7. The normalized spacial score (nSPS) is 12.4. The third kappa shape index (κ3) is 5.35. The molecule has 1 N–H and O–H groups in total. The van der Waals surface area contributed by atoms with E-state index in [9.17, 15) is 9.59 Å². The lowest BCUT2D eigenvalue weighted by Crippen LogP contribution is -2.12. The van der Waals surface area contributed by atoms with Gasteiger partial charge in [-0.1, -0.05) is 26.8 Å². The zero-order valence-corrected chi connectivity index (χ0v) is 8.96. The summed E-state index contributed by atoms with van der Waals surface area (Å²) in [5.41, 5.74) is -0.189. The molecule has 0 heterocycles. The fourth-order valence-corrected chi connectivity index (χ4v) is 0.939. The zero-order valence-electron chi connectivity index (χ0n) is 8.96. The van der Waals surface area contributed by atoms with Crippen LogP contribution in [0.25, 0.3) is 0 Å². The van der Waals surface area contributed by atoms with Crippen molar-refractivity contribution < 1.29 is 19.4 Å². The molecule has 0 aliphatic heterocycles. The molecular weight excluding hydrogens is 184 g/mol. The van der Waals surface area contributed by atoms with Gasteiger partial charge in [0.25, 0.3) is 0 Å². The van der Waals surface area contributed by atoms with Crippen molar-refractivity contribution in [1.29, 1.82) is 0 Å². The van der Waals surface area contributed by atoms with Crippen LogP contribution in [0.4, 0.5) is 0 Å². The van der Waals surface area contributed by atoms with Crippen LogP contribution in [0.2, 0.25) is 0 Å². The van der Waals surface area contributed by atoms with Crippen LogP contribution in [-0.2, 0) is 14.3 Å². The number of hydrogen-bond acceptors (Lipinski definition) is 3. The van der Waals surface area contributed by atoms with Crippen molar-refractivity contribution in [2.45, 2.75) is 27.2 Å². The Morgan fingerprint density at radius 3 is 2.14 bits per heavy atom. The number of aliphatic carboxylic acids is 1. The van der Waals surface area contributed by atoms with E-state index in [0.717, 1.165) is 0 Å². The molecule has 0 bridgehead atoms. The Hall–Kier alpha value is -1.32. The number of carboxylic acids is 1. The van der Waals surface area contributed by atoms with Crippen LogP contribution in [0.15, 0.2) is 11.6 Å². The molecule has 0 aromatic rings. The molecule has 0 spiro atoms. The minimum Gasteiger partial charge on any atom is -0.478 e. The summed E-state index contributed by atoms with van der Waals surface area (Å²) < 4.78 is 4.40. The number of esters is 1. The zero-order chi connectivity index (χ0) is 11.4. The van der Waals surface area contributed by atoms with E-state index in [2.05, 4.69) is 4.74 Å². The lowest BCUT2D eigenvalue weighted by Gasteiger charge is -2.13. The second-order valence-electron chi connectivity index (χ2n) is 4.09. The summed E-state index contributed by atoms with van der Waals surface area (Å²) in [6.45, 7) is 5.60. The lowest BCUT2D eigenvalue weighted by atomic mass is 9.92. The molecule has 0 saturated carbocycles. The number of allylic oxidation sites excluding steroid dienone is 1. The number of ether oxygens (including phenoxy) is 1. The molecule has 0 rings (SSSR count). The predicted octanol–water partition coefficient (Wildman–Crippen LogP) is 1.61. The molecule has 0 unspecified atom stereocenters. The number of carbonyl (C=O) groups is 2. The minimum absolute atomic E-state index is 0.0735. The van der Waals surface area contributed by atoms with Crippen LogP contribution in [0.5, 0.6) is 0 Å². The van der Waals surface area contributed by atoms with Crippen LogP contribution >= 0.6 is 0 Å². The van der Waals surface area contributed by atoms with Crippen molar-refractivity contribution in [3.05, 3.63) is 11.6 Å². The van der Waals surface area contributed by atoms with Crippen molar-refractivity contribution in [2.24, 2.45) is 5.41 Å². The molecule has 0 saturated heterocycles. The molecule has 0 amide bonds. The molecule has 0 aromatic heterocycles. The second-order valence-corrected chi connectivity index (χ2v) is 4.09. The summed E-state index contributed by atoms with van der Waals surface area (Å²) >= 11 is 0. The molecule has 0 radical (unpaired) electrons. The van der Waals surface area contributed by atoms with E-state index in [1.807, 2.05) is 20.8 Å². The second kappa shape index (κ2) is 4.79. The maximum atomic E-state index is 10.9. The Balaban J connectivity index is 4.71. The van der Waals surface area contributed by atoms with Gasteiger partial charge in [-0.25, -0.2) is 4.79 Å². The van der Waals surface area contributed by atoms with Gasteiger partial charge in [0, 0.05) is 5.57 Å². The van der Waals surface area contributed by atoms with Crippen molar-refractivity contribution in [1.82, 2.24) is 0 Å².